The summed E-state index contributed by atoms with van der Waals surface area (Å²) < 4.78 is 104. The predicted molar refractivity (Wildman–Crippen MR) is 96.0 cm³/mol. The van der Waals surface area contributed by atoms with Gasteiger partial charge >= 0.3 is 6.18 Å². The number of hydrogen-bond acceptors (Lipinski definition) is 4. The second-order valence-electron chi connectivity index (χ2n) is 6.58. The van der Waals surface area contributed by atoms with Crippen LogP contribution in [0.3, 0.4) is 0 Å². The number of para-hydroxylation sites is 1. The minimum absolute atomic E-state index is 0.0411. The molecule has 1 amide bonds. The van der Waals surface area contributed by atoms with Crippen LogP contribution in [0.2, 0.25) is 0 Å². The summed E-state index contributed by atoms with van der Waals surface area (Å²) in [7, 11) is 0. The second kappa shape index (κ2) is 8.52. The summed E-state index contributed by atoms with van der Waals surface area (Å²) in [6, 6.07) is 6.84. The van der Waals surface area contributed by atoms with E-state index < -0.39 is 52.3 Å². The topological polar surface area (TPSA) is 64.4 Å². The zero-order valence-corrected chi connectivity index (χ0v) is 16.3. The van der Waals surface area contributed by atoms with Crippen LogP contribution in [0.4, 0.5) is 36.4 Å². The van der Waals surface area contributed by atoms with E-state index in [1.807, 2.05) is 0 Å². The Morgan fingerprint density at radius 2 is 1.62 bits per heavy atom. The van der Waals surface area contributed by atoms with Crippen molar-refractivity contribution in [2.24, 2.45) is 0 Å². The van der Waals surface area contributed by atoms with E-state index in [0.29, 0.717) is 5.75 Å². The van der Waals surface area contributed by atoms with Gasteiger partial charge in [-0.3, -0.25) is 4.79 Å². The number of nitrogens with one attached hydrogen (secondary N) is 1. The smallest absolute Gasteiger partial charge is 0.422 e. The van der Waals surface area contributed by atoms with Crippen LogP contribution in [-0.2, 0) is 12.8 Å². The molecule has 3 rings (SSSR count). The molecule has 0 bridgehead atoms. The average molecular weight is 462 g/mol. The molecule has 0 unspecified atom stereocenters. The van der Waals surface area contributed by atoms with Gasteiger partial charge in [0.15, 0.2) is 29.0 Å². The van der Waals surface area contributed by atoms with Gasteiger partial charge in [0.05, 0.1) is 5.56 Å². The van der Waals surface area contributed by atoms with Crippen LogP contribution in [0, 0.1) is 37.1 Å². The van der Waals surface area contributed by atoms with Crippen LogP contribution in [0.5, 0.6) is 5.75 Å². The Labute approximate surface area is 175 Å². The number of alkyl halides is 3. The Kier molecular flexibility index (Phi) is 6.15. The number of aryl methyl sites for hydroxylation is 2. The largest absolute Gasteiger partial charge is 0.488 e. The lowest BCUT2D eigenvalue weighted by atomic mass is 10.1. The van der Waals surface area contributed by atoms with Crippen LogP contribution in [0.25, 0.3) is 0 Å². The third-order valence-corrected chi connectivity index (χ3v) is 4.45. The van der Waals surface area contributed by atoms with E-state index in [9.17, 15) is 35.5 Å². The van der Waals surface area contributed by atoms with Crippen molar-refractivity contribution in [3.8, 4) is 5.75 Å². The number of carbonyl (C=O) groups excluding carboxylic acids is 1. The molecule has 0 radical (unpaired) electrons. The first kappa shape index (κ1) is 23.1. The number of rotatable bonds is 5. The Hall–Kier alpha value is -3.57. The summed E-state index contributed by atoms with van der Waals surface area (Å²) in [5, 5.41) is 4.93. The highest BCUT2D eigenvalue weighted by atomic mass is 19.4. The van der Waals surface area contributed by atoms with Gasteiger partial charge in [-0.05, 0) is 25.5 Å². The van der Waals surface area contributed by atoms with Gasteiger partial charge < -0.3 is 14.6 Å². The number of anilines is 1. The summed E-state index contributed by atoms with van der Waals surface area (Å²) in [5.41, 5.74) is -4.25. The highest BCUT2D eigenvalue weighted by Crippen LogP contribution is 2.38. The number of hydrogen-bond donors (Lipinski definition) is 1. The third kappa shape index (κ3) is 4.25. The molecule has 1 aromatic heterocycles. The van der Waals surface area contributed by atoms with Crippen molar-refractivity contribution >= 4 is 11.6 Å². The third-order valence-electron chi connectivity index (χ3n) is 4.45. The van der Waals surface area contributed by atoms with Gasteiger partial charge in [0.1, 0.15) is 29.4 Å². The van der Waals surface area contributed by atoms with Gasteiger partial charge in [-0.15, -0.1) is 0 Å². The van der Waals surface area contributed by atoms with Gasteiger partial charge in [0.25, 0.3) is 5.91 Å². The molecule has 0 saturated heterocycles. The first-order valence-electron chi connectivity index (χ1n) is 8.81. The SMILES string of the molecule is Cc1ccccc1OCc1c(C(=O)Nc2c(F)c(F)c(C(F)(F)F)c(F)c2F)noc1C. The molecule has 2 aromatic carbocycles. The Morgan fingerprint density at radius 3 is 2.19 bits per heavy atom. The van der Waals surface area contributed by atoms with E-state index in [1.165, 1.54) is 12.2 Å². The first-order chi connectivity index (χ1) is 14.9. The molecule has 0 aliphatic rings. The maximum absolute atomic E-state index is 14.1. The fourth-order valence-corrected chi connectivity index (χ4v) is 2.77. The fourth-order valence-electron chi connectivity index (χ4n) is 2.77. The zero-order valence-electron chi connectivity index (χ0n) is 16.3. The number of amides is 1. The summed E-state index contributed by atoms with van der Waals surface area (Å²) in [6.07, 6.45) is -5.71. The van der Waals surface area contributed by atoms with Crippen molar-refractivity contribution in [1.82, 2.24) is 5.16 Å². The van der Waals surface area contributed by atoms with Gasteiger partial charge in [-0.2, -0.15) is 13.2 Å². The molecule has 170 valence electrons. The molecule has 0 atom stereocenters. The number of nitrogens with zero attached hydrogens (tertiary/aromatic N) is 1. The van der Waals surface area contributed by atoms with Gasteiger partial charge in [0.2, 0.25) is 0 Å². The van der Waals surface area contributed by atoms with Crippen LogP contribution in [0.15, 0.2) is 28.8 Å². The molecular weight excluding hydrogens is 449 g/mol. The van der Waals surface area contributed by atoms with Crippen molar-refractivity contribution in [2.45, 2.75) is 26.6 Å². The van der Waals surface area contributed by atoms with E-state index in [4.69, 9.17) is 9.26 Å². The van der Waals surface area contributed by atoms with Crippen molar-refractivity contribution in [1.29, 1.82) is 0 Å². The standard InChI is InChI=1S/C20H13F7N2O3/c1-8-5-3-4-6-11(8)31-7-10-9(2)32-29-17(10)19(30)28-18-15(23)13(21)12(20(25,26)27)14(22)16(18)24/h3-6H,7H2,1-2H3,(H,28,30). The molecule has 0 saturated carbocycles. The normalized spacial score (nSPS) is 11.5. The Morgan fingerprint density at radius 1 is 1.03 bits per heavy atom. The maximum Gasteiger partial charge on any atom is 0.422 e. The molecule has 0 aliphatic heterocycles. The molecular formula is C20H13F7N2O3. The van der Waals surface area contributed by atoms with Crippen LogP contribution < -0.4 is 10.1 Å². The minimum atomic E-state index is -5.71. The molecule has 32 heavy (non-hydrogen) atoms. The second-order valence-corrected chi connectivity index (χ2v) is 6.58. The molecule has 0 fully saturated rings. The number of aromatic nitrogens is 1. The van der Waals surface area contributed by atoms with E-state index in [-0.39, 0.29) is 17.9 Å². The summed E-state index contributed by atoms with van der Waals surface area (Å²) in [6.45, 7) is 2.88. The molecule has 5 nitrogen and oxygen atoms in total. The molecule has 0 spiro atoms. The average Bonchev–Trinajstić information content (AvgIpc) is 3.08. The maximum atomic E-state index is 14.1. The lowest BCUT2D eigenvalue weighted by molar-refractivity contribution is -0.143. The van der Waals surface area contributed by atoms with Crippen molar-refractivity contribution < 1.29 is 44.8 Å². The summed E-state index contributed by atoms with van der Waals surface area (Å²) in [4.78, 5) is 12.4. The number of halogens is 7. The van der Waals surface area contributed by atoms with Gasteiger partial charge in [0, 0.05) is 0 Å². The minimum Gasteiger partial charge on any atom is -0.488 e. The summed E-state index contributed by atoms with van der Waals surface area (Å²) >= 11 is 0. The van der Waals surface area contributed by atoms with Crippen LogP contribution in [0.1, 0.15) is 32.9 Å². The predicted octanol–water partition coefficient (Wildman–Crippen LogP) is 5.70. The monoisotopic (exact) mass is 462 g/mol. The Bertz CT molecular complexity index is 1160. The summed E-state index contributed by atoms with van der Waals surface area (Å²) in [5.74, 6) is -11.1. The lowest BCUT2D eigenvalue weighted by Crippen LogP contribution is -2.21. The van der Waals surface area contributed by atoms with Crippen molar-refractivity contribution in [3.63, 3.8) is 0 Å². The van der Waals surface area contributed by atoms with E-state index in [0.717, 1.165) is 5.56 Å². The van der Waals surface area contributed by atoms with E-state index in [2.05, 4.69) is 5.16 Å². The van der Waals surface area contributed by atoms with Gasteiger partial charge in [-0.1, -0.05) is 23.4 Å². The highest BCUT2D eigenvalue weighted by molar-refractivity contribution is 6.04. The molecule has 3 aromatic rings. The molecule has 0 aliphatic carbocycles. The highest BCUT2D eigenvalue weighted by Gasteiger charge is 2.42. The van der Waals surface area contributed by atoms with Gasteiger partial charge in [-0.25, -0.2) is 17.6 Å². The van der Waals surface area contributed by atoms with E-state index >= 15 is 0 Å². The zero-order chi connectivity index (χ0) is 23.8. The van der Waals surface area contributed by atoms with Crippen molar-refractivity contribution in [3.05, 3.63) is 75.7 Å². The molecule has 12 heteroatoms. The van der Waals surface area contributed by atoms with Crippen LogP contribution in [-0.4, -0.2) is 11.1 Å². The fraction of sp³-hybridized carbons (Fsp3) is 0.200. The first-order valence-corrected chi connectivity index (χ1v) is 8.81. The lowest BCUT2D eigenvalue weighted by Gasteiger charge is -2.14. The molecule has 1 N–H and O–H groups in total. The quantitative estimate of drug-likeness (QED) is 0.391. The molecule has 1 heterocycles. The number of ether oxygens (including phenoxy) is 1. The van der Waals surface area contributed by atoms with Crippen molar-refractivity contribution in [2.75, 3.05) is 5.32 Å². The van der Waals surface area contributed by atoms with E-state index in [1.54, 1.807) is 31.2 Å². The number of carbonyl (C=O) groups is 1. The van der Waals surface area contributed by atoms with Crippen LogP contribution >= 0.6 is 0 Å². The Balaban J connectivity index is 1.92. The number of benzene rings is 2.